The molecule has 0 saturated carbocycles. The third-order valence-electron chi connectivity index (χ3n) is 3.96. The van der Waals surface area contributed by atoms with E-state index in [4.69, 9.17) is 4.74 Å². The molecule has 0 spiro atoms. The molecule has 3 rings (SSSR count). The van der Waals surface area contributed by atoms with E-state index < -0.39 is 0 Å². The Labute approximate surface area is 134 Å². The first-order valence-corrected chi connectivity index (χ1v) is 8.35. The van der Waals surface area contributed by atoms with Crippen LogP contribution in [-0.2, 0) is 4.79 Å². The fourth-order valence-electron chi connectivity index (χ4n) is 2.88. The maximum absolute atomic E-state index is 12.3. The summed E-state index contributed by atoms with van der Waals surface area (Å²) in [4.78, 5) is 15.9. The Kier molecular flexibility index (Phi) is 4.75. The van der Waals surface area contributed by atoms with Crippen molar-refractivity contribution in [3.05, 3.63) is 46.7 Å². The molecule has 1 N–H and O–H groups in total. The van der Waals surface area contributed by atoms with Gasteiger partial charge in [0.1, 0.15) is 5.75 Å². The predicted octanol–water partition coefficient (Wildman–Crippen LogP) is 3.53. The van der Waals surface area contributed by atoms with E-state index in [1.807, 2.05) is 24.3 Å². The molecule has 1 aromatic heterocycles. The number of nitrogens with one attached hydrogen (secondary N) is 1. The van der Waals surface area contributed by atoms with Crippen molar-refractivity contribution in [1.82, 2.24) is 4.90 Å². The van der Waals surface area contributed by atoms with Crippen LogP contribution in [0.4, 0.5) is 5.69 Å². The van der Waals surface area contributed by atoms with Gasteiger partial charge in [0, 0.05) is 16.6 Å². The SMILES string of the molecule is COc1ccc(NC(=O)CN2CCC[C@@H]2c2cccs2)cc1. The van der Waals surface area contributed by atoms with Crippen LogP contribution in [-0.4, -0.2) is 31.0 Å². The number of carbonyl (C=O) groups excluding carboxylic acids is 1. The molecule has 0 bridgehead atoms. The van der Waals surface area contributed by atoms with E-state index in [1.165, 1.54) is 4.88 Å². The molecule has 5 heteroatoms. The van der Waals surface area contributed by atoms with Crippen molar-refractivity contribution in [2.24, 2.45) is 0 Å². The Morgan fingerprint density at radius 3 is 2.86 bits per heavy atom. The zero-order valence-corrected chi connectivity index (χ0v) is 13.4. The minimum atomic E-state index is 0.0358. The summed E-state index contributed by atoms with van der Waals surface area (Å²) < 4.78 is 5.12. The van der Waals surface area contributed by atoms with Crippen LogP contribution in [0.3, 0.4) is 0 Å². The molecular formula is C17H20N2O2S. The van der Waals surface area contributed by atoms with Crippen molar-refractivity contribution >= 4 is 22.9 Å². The molecule has 1 saturated heterocycles. The van der Waals surface area contributed by atoms with Gasteiger partial charge in [0.25, 0.3) is 0 Å². The maximum atomic E-state index is 12.3. The van der Waals surface area contributed by atoms with Gasteiger partial charge in [-0.1, -0.05) is 6.07 Å². The van der Waals surface area contributed by atoms with Crippen LogP contribution >= 0.6 is 11.3 Å². The molecule has 1 atom stereocenters. The fraction of sp³-hybridized carbons (Fsp3) is 0.353. The largest absolute Gasteiger partial charge is 0.497 e. The summed E-state index contributed by atoms with van der Waals surface area (Å²) in [6, 6.07) is 12.0. The molecule has 4 nitrogen and oxygen atoms in total. The standard InChI is InChI=1S/C17H20N2O2S/c1-21-14-8-6-13(7-9-14)18-17(20)12-19-10-2-4-15(19)16-5-3-11-22-16/h3,5-9,11,15H,2,4,10,12H2,1H3,(H,18,20)/t15-/m1/s1. The Morgan fingerprint density at radius 1 is 1.36 bits per heavy atom. The molecule has 1 fully saturated rings. The first-order valence-electron chi connectivity index (χ1n) is 7.47. The number of hydrogen-bond acceptors (Lipinski definition) is 4. The Bertz CT molecular complexity index is 610. The Hall–Kier alpha value is -1.85. The smallest absolute Gasteiger partial charge is 0.238 e. The van der Waals surface area contributed by atoms with E-state index in [9.17, 15) is 4.79 Å². The molecule has 1 aliphatic rings. The summed E-state index contributed by atoms with van der Waals surface area (Å²) in [6.07, 6.45) is 2.29. The van der Waals surface area contributed by atoms with Crippen molar-refractivity contribution < 1.29 is 9.53 Å². The van der Waals surface area contributed by atoms with Crippen LogP contribution in [0.2, 0.25) is 0 Å². The molecule has 2 aromatic rings. The number of carbonyl (C=O) groups is 1. The minimum Gasteiger partial charge on any atom is -0.497 e. The zero-order valence-electron chi connectivity index (χ0n) is 12.6. The Morgan fingerprint density at radius 2 is 2.18 bits per heavy atom. The molecule has 1 aromatic carbocycles. The minimum absolute atomic E-state index is 0.0358. The molecule has 0 unspecified atom stereocenters. The van der Waals surface area contributed by atoms with Gasteiger partial charge >= 0.3 is 0 Å². The highest BCUT2D eigenvalue weighted by Crippen LogP contribution is 2.34. The lowest BCUT2D eigenvalue weighted by atomic mass is 10.2. The van der Waals surface area contributed by atoms with Crippen LogP contribution in [0, 0.1) is 0 Å². The van der Waals surface area contributed by atoms with Crippen molar-refractivity contribution in [1.29, 1.82) is 0 Å². The molecule has 2 heterocycles. The third kappa shape index (κ3) is 3.48. The summed E-state index contributed by atoms with van der Waals surface area (Å²) in [5.41, 5.74) is 0.803. The lowest BCUT2D eigenvalue weighted by molar-refractivity contribution is -0.117. The maximum Gasteiger partial charge on any atom is 0.238 e. The number of ether oxygens (including phenoxy) is 1. The van der Waals surface area contributed by atoms with Gasteiger partial charge in [-0.25, -0.2) is 0 Å². The van der Waals surface area contributed by atoms with E-state index in [-0.39, 0.29) is 5.91 Å². The Balaban J connectivity index is 1.58. The van der Waals surface area contributed by atoms with Crippen molar-refractivity contribution in [3.63, 3.8) is 0 Å². The molecular weight excluding hydrogens is 296 g/mol. The molecule has 1 aliphatic heterocycles. The second kappa shape index (κ2) is 6.94. The first-order chi connectivity index (χ1) is 10.8. The van der Waals surface area contributed by atoms with Crippen molar-refractivity contribution in [2.75, 3.05) is 25.5 Å². The number of anilines is 1. The van der Waals surface area contributed by atoms with Crippen LogP contribution in [0.5, 0.6) is 5.75 Å². The second-order valence-corrected chi connectivity index (χ2v) is 6.40. The van der Waals surface area contributed by atoms with E-state index >= 15 is 0 Å². The highest BCUT2D eigenvalue weighted by Gasteiger charge is 2.28. The van der Waals surface area contributed by atoms with Gasteiger partial charge in [0.15, 0.2) is 0 Å². The lowest BCUT2D eigenvalue weighted by Gasteiger charge is -2.22. The number of benzene rings is 1. The summed E-state index contributed by atoms with van der Waals surface area (Å²) in [6.45, 7) is 1.42. The lowest BCUT2D eigenvalue weighted by Crippen LogP contribution is -2.32. The number of amides is 1. The molecule has 0 aliphatic carbocycles. The quantitative estimate of drug-likeness (QED) is 0.917. The van der Waals surface area contributed by atoms with Gasteiger partial charge in [-0.2, -0.15) is 0 Å². The van der Waals surface area contributed by atoms with Crippen LogP contribution in [0.15, 0.2) is 41.8 Å². The third-order valence-corrected chi connectivity index (χ3v) is 4.93. The van der Waals surface area contributed by atoms with Gasteiger partial charge < -0.3 is 10.1 Å². The fourth-order valence-corrected chi connectivity index (χ4v) is 3.77. The van der Waals surface area contributed by atoms with Gasteiger partial charge in [0.05, 0.1) is 13.7 Å². The van der Waals surface area contributed by atoms with Crippen LogP contribution < -0.4 is 10.1 Å². The number of hydrogen-bond donors (Lipinski definition) is 1. The van der Waals surface area contributed by atoms with Crippen LogP contribution in [0.25, 0.3) is 0 Å². The predicted molar refractivity (Wildman–Crippen MR) is 89.5 cm³/mol. The topological polar surface area (TPSA) is 41.6 Å². The van der Waals surface area contributed by atoms with Gasteiger partial charge in [-0.05, 0) is 55.1 Å². The normalized spacial score (nSPS) is 18.3. The van der Waals surface area contributed by atoms with Crippen molar-refractivity contribution in [2.45, 2.75) is 18.9 Å². The van der Waals surface area contributed by atoms with E-state index in [2.05, 4.69) is 27.7 Å². The van der Waals surface area contributed by atoms with E-state index in [1.54, 1.807) is 18.4 Å². The highest BCUT2D eigenvalue weighted by molar-refractivity contribution is 7.10. The molecule has 116 valence electrons. The van der Waals surface area contributed by atoms with E-state index in [0.29, 0.717) is 12.6 Å². The second-order valence-electron chi connectivity index (χ2n) is 5.42. The molecule has 22 heavy (non-hydrogen) atoms. The number of rotatable bonds is 5. The molecule has 0 radical (unpaired) electrons. The highest BCUT2D eigenvalue weighted by atomic mass is 32.1. The summed E-state index contributed by atoms with van der Waals surface area (Å²) >= 11 is 1.77. The number of nitrogens with zero attached hydrogens (tertiary/aromatic N) is 1. The zero-order chi connectivity index (χ0) is 15.4. The van der Waals surface area contributed by atoms with Gasteiger partial charge in [-0.15, -0.1) is 11.3 Å². The van der Waals surface area contributed by atoms with Crippen molar-refractivity contribution in [3.8, 4) is 5.75 Å². The summed E-state index contributed by atoms with van der Waals surface area (Å²) in [5.74, 6) is 0.823. The summed E-state index contributed by atoms with van der Waals surface area (Å²) in [5, 5.41) is 5.05. The molecule has 1 amide bonds. The van der Waals surface area contributed by atoms with Gasteiger partial charge in [0.2, 0.25) is 5.91 Å². The van der Waals surface area contributed by atoms with Gasteiger partial charge in [-0.3, -0.25) is 9.69 Å². The average Bonchev–Trinajstić information content (AvgIpc) is 3.18. The number of thiophene rings is 1. The number of methoxy groups -OCH3 is 1. The monoisotopic (exact) mass is 316 g/mol. The van der Waals surface area contributed by atoms with E-state index in [0.717, 1.165) is 30.8 Å². The summed E-state index contributed by atoms with van der Waals surface area (Å²) in [7, 11) is 1.63. The first kappa shape index (κ1) is 15.1. The van der Waals surface area contributed by atoms with Crippen LogP contribution in [0.1, 0.15) is 23.8 Å². The average molecular weight is 316 g/mol. The number of likely N-dealkylation sites (tertiary alicyclic amines) is 1.